The number of carbonyl (C=O) groups excluding carboxylic acids is 1. The fourth-order valence-corrected chi connectivity index (χ4v) is 2.74. The van der Waals surface area contributed by atoms with Gasteiger partial charge in [0.1, 0.15) is 5.82 Å². The highest BCUT2D eigenvalue weighted by Crippen LogP contribution is 2.32. The van der Waals surface area contributed by atoms with E-state index in [9.17, 15) is 9.18 Å². The first-order valence-electron chi connectivity index (χ1n) is 7.25. The van der Waals surface area contributed by atoms with Crippen LogP contribution in [-0.4, -0.2) is 18.1 Å². The molecule has 0 bridgehead atoms. The van der Waals surface area contributed by atoms with Crippen LogP contribution in [0.2, 0.25) is 0 Å². The molecule has 0 unspecified atom stereocenters. The molecule has 23 heavy (non-hydrogen) atoms. The van der Waals surface area contributed by atoms with Gasteiger partial charge in [0.05, 0.1) is 18.2 Å². The third-order valence-electron chi connectivity index (χ3n) is 3.87. The van der Waals surface area contributed by atoms with Crippen LogP contribution in [0.25, 0.3) is 22.0 Å². The number of benzene rings is 2. The van der Waals surface area contributed by atoms with Crippen LogP contribution in [0.1, 0.15) is 21.5 Å². The Hall–Kier alpha value is -2.75. The molecule has 0 aliphatic rings. The highest BCUT2D eigenvalue weighted by Gasteiger charge is 2.14. The third-order valence-corrected chi connectivity index (χ3v) is 3.87. The summed E-state index contributed by atoms with van der Waals surface area (Å²) in [7, 11) is 1.34. The lowest BCUT2D eigenvalue weighted by atomic mass is 9.96. The summed E-state index contributed by atoms with van der Waals surface area (Å²) in [6, 6.07) is 10.3. The molecule has 0 atom stereocenters. The highest BCUT2D eigenvalue weighted by molar-refractivity contribution is 6.01. The van der Waals surface area contributed by atoms with Crippen LogP contribution in [0.3, 0.4) is 0 Å². The van der Waals surface area contributed by atoms with Crippen molar-refractivity contribution >= 4 is 16.9 Å². The van der Waals surface area contributed by atoms with E-state index in [2.05, 4.69) is 4.98 Å². The molecule has 3 aromatic rings. The molecule has 4 heteroatoms. The summed E-state index contributed by atoms with van der Waals surface area (Å²) < 4.78 is 19.2. The van der Waals surface area contributed by atoms with Crippen molar-refractivity contribution in [2.75, 3.05) is 7.11 Å². The number of halogens is 1. The normalized spacial score (nSPS) is 10.8. The van der Waals surface area contributed by atoms with E-state index in [4.69, 9.17) is 4.74 Å². The lowest BCUT2D eigenvalue weighted by Gasteiger charge is -2.11. The number of hydrogen-bond donors (Lipinski definition) is 0. The first kappa shape index (κ1) is 15.2. The highest BCUT2D eigenvalue weighted by atomic mass is 19.1. The van der Waals surface area contributed by atoms with Crippen molar-refractivity contribution < 1.29 is 13.9 Å². The number of pyridine rings is 1. The van der Waals surface area contributed by atoms with E-state index in [1.807, 2.05) is 19.9 Å². The van der Waals surface area contributed by atoms with Crippen LogP contribution in [-0.2, 0) is 4.74 Å². The second-order valence-corrected chi connectivity index (χ2v) is 5.52. The molecule has 0 saturated heterocycles. The minimum absolute atomic E-state index is 0.293. The van der Waals surface area contributed by atoms with Gasteiger partial charge in [0.2, 0.25) is 0 Å². The van der Waals surface area contributed by atoms with Gasteiger partial charge in [-0.05, 0) is 54.8 Å². The van der Waals surface area contributed by atoms with E-state index >= 15 is 0 Å². The predicted molar refractivity (Wildman–Crippen MR) is 88.0 cm³/mol. The van der Waals surface area contributed by atoms with E-state index in [1.54, 1.807) is 30.5 Å². The zero-order chi connectivity index (χ0) is 16.6. The number of aryl methyl sites for hydroxylation is 2. The molecule has 0 amide bonds. The van der Waals surface area contributed by atoms with Crippen molar-refractivity contribution in [3.8, 4) is 11.1 Å². The first-order valence-corrected chi connectivity index (χ1v) is 7.25. The number of nitrogens with zero attached hydrogens (tertiary/aromatic N) is 1. The maximum absolute atomic E-state index is 14.4. The average Bonchev–Trinajstić information content (AvgIpc) is 2.54. The Bertz CT molecular complexity index is 919. The van der Waals surface area contributed by atoms with Crippen LogP contribution in [0.4, 0.5) is 4.39 Å². The molecule has 0 aliphatic carbocycles. The second kappa shape index (κ2) is 5.80. The van der Waals surface area contributed by atoms with Gasteiger partial charge in [0.25, 0.3) is 0 Å². The molecule has 0 aliphatic heterocycles. The molecule has 0 radical (unpaired) electrons. The molecule has 1 heterocycles. The number of methoxy groups -OCH3 is 1. The number of rotatable bonds is 2. The van der Waals surface area contributed by atoms with Gasteiger partial charge in [0.15, 0.2) is 0 Å². The fourth-order valence-electron chi connectivity index (χ4n) is 2.74. The summed E-state index contributed by atoms with van der Waals surface area (Å²) in [5.74, 6) is -0.715. The van der Waals surface area contributed by atoms with Crippen LogP contribution in [0, 0.1) is 19.7 Å². The molecular weight excluding hydrogens is 293 g/mol. The second-order valence-electron chi connectivity index (χ2n) is 5.52. The Balaban J connectivity index is 2.33. The Morgan fingerprint density at radius 3 is 2.57 bits per heavy atom. The Labute approximate surface area is 133 Å². The lowest BCUT2D eigenvalue weighted by molar-refractivity contribution is 0.0601. The molecule has 116 valence electrons. The largest absolute Gasteiger partial charge is 0.465 e. The zero-order valence-electron chi connectivity index (χ0n) is 13.2. The molecule has 1 aromatic heterocycles. The quantitative estimate of drug-likeness (QED) is 0.657. The average molecular weight is 309 g/mol. The summed E-state index contributed by atoms with van der Waals surface area (Å²) >= 11 is 0. The summed E-state index contributed by atoms with van der Waals surface area (Å²) in [6.07, 6.45) is 1.65. The topological polar surface area (TPSA) is 39.2 Å². The van der Waals surface area contributed by atoms with Gasteiger partial charge in [-0.3, -0.25) is 4.98 Å². The molecule has 2 aromatic carbocycles. The van der Waals surface area contributed by atoms with E-state index in [0.717, 1.165) is 22.0 Å². The molecule has 0 fully saturated rings. The Morgan fingerprint density at radius 1 is 1.09 bits per heavy atom. The monoisotopic (exact) mass is 309 g/mol. The maximum Gasteiger partial charge on any atom is 0.337 e. The van der Waals surface area contributed by atoms with Gasteiger partial charge in [-0.1, -0.05) is 12.1 Å². The number of fused-ring (bicyclic) bond motifs is 1. The van der Waals surface area contributed by atoms with Gasteiger partial charge >= 0.3 is 5.97 Å². The van der Waals surface area contributed by atoms with Crippen LogP contribution < -0.4 is 0 Å². The summed E-state index contributed by atoms with van der Waals surface area (Å²) in [5.41, 5.74) is 4.08. The van der Waals surface area contributed by atoms with Crippen molar-refractivity contribution in [1.29, 1.82) is 0 Å². The van der Waals surface area contributed by atoms with Crippen LogP contribution in [0.5, 0.6) is 0 Å². The molecule has 3 rings (SSSR count). The SMILES string of the molecule is COC(=O)c1cc(C)c2nccc(-c3ccc(C)cc3F)c2c1. The van der Waals surface area contributed by atoms with Crippen molar-refractivity contribution in [2.24, 2.45) is 0 Å². The van der Waals surface area contributed by atoms with Crippen molar-refractivity contribution in [2.45, 2.75) is 13.8 Å². The Kier molecular flexibility index (Phi) is 3.82. The van der Waals surface area contributed by atoms with Gasteiger partial charge in [-0.25, -0.2) is 9.18 Å². The maximum atomic E-state index is 14.4. The van der Waals surface area contributed by atoms with Gasteiger partial charge in [-0.15, -0.1) is 0 Å². The van der Waals surface area contributed by atoms with Gasteiger partial charge < -0.3 is 4.74 Å². The number of carbonyl (C=O) groups is 1. The predicted octanol–water partition coefficient (Wildman–Crippen LogP) is 4.44. The number of aromatic nitrogens is 1. The smallest absolute Gasteiger partial charge is 0.337 e. The fraction of sp³-hybridized carbons (Fsp3) is 0.158. The Morgan fingerprint density at radius 2 is 1.87 bits per heavy atom. The summed E-state index contributed by atoms with van der Waals surface area (Å²) in [5, 5.41) is 0.732. The molecule has 0 N–H and O–H groups in total. The van der Waals surface area contributed by atoms with Crippen molar-refractivity contribution in [3.05, 3.63) is 65.1 Å². The van der Waals surface area contributed by atoms with Gasteiger partial charge in [0, 0.05) is 17.1 Å². The number of esters is 1. The molecule has 0 spiro atoms. The standard InChI is InChI=1S/C19H16FNO2/c1-11-4-5-15(17(20)8-11)14-6-7-21-18-12(2)9-13(10-16(14)18)19(22)23-3/h4-10H,1-3H3. The third kappa shape index (κ3) is 2.68. The number of ether oxygens (including phenoxy) is 1. The molecular formula is C19H16FNO2. The van der Waals surface area contributed by atoms with Crippen LogP contribution >= 0.6 is 0 Å². The van der Waals surface area contributed by atoms with Crippen molar-refractivity contribution in [1.82, 2.24) is 4.98 Å². The van der Waals surface area contributed by atoms with E-state index in [1.165, 1.54) is 13.2 Å². The van der Waals surface area contributed by atoms with Gasteiger partial charge in [-0.2, -0.15) is 0 Å². The minimum atomic E-state index is -0.422. The van der Waals surface area contributed by atoms with E-state index in [-0.39, 0.29) is 5.82 Å². The molecule has 3 nitrogen and oxygen atoms in total. The lowest BCUT2D eigenvalue weighted by Crippen LogP contribution is -2.02. The van der Waals surface area contributed by atoms with E-state index in [0.29, 0.717) is 16.7 Å². The summed E-state index contributed by atoms with van der Waals surface area (Å²) in [4.78, 5) is 16.2. The molecule has 0 saturated carbocycles. The summed E-state index contributed by atoms with van der Waals surface area (Å²) in [6.45, 7) is 3.72. The van der Waals surface area contributed by atoms with E-state index < -0.39 is 5.97 Å². The number of hydrogen-bond acceptors (Lipinski definition) is 3. The van der Waals surface area contributed by atoms with Crippen LogP contribution in [0.15, 0.2) is 42.6 Å². The minimum Gasteiger partial charge on any atom is -0.465 e. The zero-order valence-corrected chi connectivity index (χ0v) is 13.2. The first-order chi connectivity index (χ1) is 11.0. The van der Waals surface area contributed by atoms with Crippen molar-refractivity contribution in [3.63, 3.8) is 0 Å².